The Morgan fingerprint density at radius 2 is 1.69 bits per heavy atom. The molecule has 0 N–H and O–H groups in total. The molecule has 1 aromatic rings. The van der Waals surface area contributed by atoms with E-state index < -0.39 is 0 Å². The number of pyridine rings is 1. The van der Waals surface area contributed by atoms with Crippen molar-refractivity contribution in [1.29, 1.82) is 0 Å². The fraction of sp³-hybridized carbons (Fsp3) is 0.667. The van der Waals surface area contributed by atoms with Crippen LogP contribution < -0.4 is 4.57 Å². The van der Waals surface area contributed by atoms with Gasteiger partial charge in [0.25, 0.3) is 0 Å². The van der Waals surface area contributed by atoms with Crippen molar-refractivity contribution in [2.24, 2.45) is 7.05 Å². The second-order valence-electron chi connectivity index (χ2n) is 4.75. The van der Waals surface area contributed by atoms with E-state index in [0.717, 1.165) is 0 Å². The van der Waals surface area contributed by atoms with Gasteiger partial charge in [-0.05, 0) is 18.9 Å². The van der Waals surface area contributed by atoms with E-state index in [4.69, 9.17) is 0 Å². The van der Waals surface area contributed by atoms with Crippen LogP contribution in [0.25, 0.3) is 0 Å². The van der Waals surface area contributed by atoms with Crippen molar-refractivity contribution >= 4 is 0 Å². The molecule has 0 saturated heterocycles. The van der Waals surface area contributed by atoms with E-state index in [1.165, 1.54) is 56.9 Å². The van der Waals surface area contributed by atoms with Crippen LogP contribution in [0.3, 0.4) is 0 Å². The van der Waals surface area contributed by atoms with Crippen molar-refractivity contribution in [2.75, 3.05) is 0 Å². The van der Waals surface area contributed by atoms with Gasteiger partial charge in [0.2, 0.25) is 0 Å². The highest BCUT2D eigenvalue weighted by molar-refractivity contribution is 5.05. The highest BCUT2D eigenvalue weighted by Crippen LogP contribution is 2.09. The summed E-state index contributed by atoms with van der Waals surface area (Å²) in [4.78, 5) is 0. The average molecular weight is 220 g/mol. The third-order valence-electron chi connectivity index (χ3n) is 3.07. The summed E-state index contributed by atoms with van der Waals surface area (Å²) in [5, 5.41) is 0. The first-order valence-corrected chi connectivity index (χ1v) is 6.77. The Kier molecular flexibility index (Phi) is 6.87. The Morgan fingerprint density at radius 1 is 1.00 bits per heavy atom. The Morgan fingerprint density at radius 3 is 2.38 bits per heavy atom. The normalized spacial score (nSPS) is 10.6. The molecule has 1 nitrogen and oxygen atoms in total. The standard InChI is InChI=1S/C15H26N/c1-3-4-5-6-7-8-9-11-15-12-10-13-16(2)14-15/h10,12-14H,3-9,11H2,1-2H3/q+1. The minimum absolute atomic E-state index is 1.24. The zero-order valence-corrected chi connectivity index (χ0v) is 10.9. The molecule has 0 amide bonds. The molecule has 0 bridgehead atoms. The number of hydrogen-bond donors (Lipinski definition) is 0. The molecule has 1 heteroatoms. The maximum atomic E-state index is 2.27. The van der Waals surface area contributed by atoms with Gasteiger partial charge in [0, 0.05) is 11.6 Å². The van der Waals surface area contributed by atoms with E-state index in [1.807, 2.05) is 0 Å². The molecule has 0 fully saturated rings. The topological polar surface area (TPSA) is 3.88 Å². The van der Waals surface area contributed by atoms with Crippen LogP contribution in [0, 0.1) is 0 Å². The maximum Gasteiger partial charge on any atom is 0.171 e. The number of aryl methyl sites for hydroxylation is 2. The lowest BCUT2D eigenvalue weighted by molar-refractivity contribution is -0.671. The van der Waals surface area contributed by atoms with E-state index in [-0.39, 0.29) is 0 Å². The van der Waals surface area contributed by atoms with Crippen LogP contribution in [-0.2, 0) is 13.5 Å². The molecular weight excluding hydrogens is 194 g/mol. The van der Waals surface area contributed by atoms with Gasteiger partial charge < -0.3 is 0 Å². The van der Waals surface area contributed by atoms with Gasteiger partial charge in [-0.2, -0.15) is 0 Å². The molecule has 0 saturated carbocycles. The van der Waals surface area contributed by atoms with Crippen LogP contribution in [0.5, 0.6) is 0 Å². The lowest BCUT2D eigenvalue weighted by Gasteiger charge is -2.01. The summed E-state index contributed by atoms with van der Waals surface area (Å²) in [6, 6.07) is 4.37. The van der Waals surface area contributed by atoms with Crippen LogP contribution in [-0.4, -0.2) is 0 Å². The monoisotopic (exact) mass is 220 g/mol. The molecule has 1 rings (SSSR count). The molecule has 90 valence electrons. The van der Waals surface area contributed by atoms with Gasteiger partial charge in [-0.25, -0.2) is 4.57 Å². The highest BCUT2D eigenvalue weighted by atomic mass is 14.9. The van der Waals surface area contributed by atoms with E-state index >= 15 is 0 Å². The fourth-order valence-electron chi connectivity index (χ4n) is 2.08. The minimum Gasteiger partial charge on any atom is -0.208 e. The lowest BCUT2D eigenvalue weighted by atomic mass is 10.1. The van der Waals surface area contributed by atoms with Crippen molar-refractivity contribution in [1.82, 2.24) is 0 Å². The Hall–Kier alpha value is -0.850. The van der Waals surface area contributed by atoms with Crippen molar-refractivity contribution in [3.05, 3.63) is 30.1 Å². The van der Waals surface area contributed by atoms with Gasteiger partial charge >= 0.3 is 0 Å². The van der Waals surface area contributed by atoms with Gasteiger partial charge in [0.05, 0.1) is 0 Å². The minimum atomic E-state index is 1.24. The van der Waals surface area contributed by atoms with Gasteiger partial charge in [-0.3, -0.25) is 0 Å². The largest absolute Gasteiger partial charge is 0.208 e. The molecule has 0 unspecified atom stereocenters. The first kappa shape index (κ1) is 13.2. The van der Waals surface area contributed by atoms with Crippen molar-refractivity contribution in [3.8, 4) is 0 Å². The number of unbranched alkanes of at least 4 members (excludes halogenated alkanes) is 6. The maximum absolute atomic E-state index is 2.27. The van der Waals surface area contributed by atoms with Crippen LogP contribution in [0.15, 0.2) is 24.5 Å². The molecule has 0 aliphatic carbocycles. The van der Waals surface area contributed by atoms with Crippen LogP contribution in [0.2, 0.25) is 0 Å². The predicted molar refractivity (Wildman–Crippen MR) is 69.3 cm³/mol. The lowest BCUT2D eigenvalue weighted by Crippen LogP contribution is -2.26. The molecule has 0 radical (unpaired) electrons. The first-order chi connectivity index (χ1) is 7.83. The summed E-state index contributed by atoms with van der Waals surface area (Å²) in [5.41, 5.74) is 1.47. The Bertz CT molecular complexity index is 281. The summed E-state index contributed by atoms with van der Waals surface area (Å²) < 4.78 is 2.14. The zero-order chi connectivity index (χ0) is 11.6. The Labute approximate surface area is 101 Å². The van der Waals surface area contributed by atoms with E-state index in [2.05, 4.69) is 43.1 Å². The number of nitrogens with zero attached hydrogens (tertiary/aromatic N) is 1. The molecule has 1 aromatic heterocycles. The summed E-state index contributed by atoms with van der Waals surface area (Å²) >= 11 is 0. The number of hydrogen-bond acceptors (Lipinski definition) is 0. The van der Waals surface area contributed by atoms with Crippen LogP contribution in [0.4, 0.5) is 0 Å². The van der Waals surface area contributed by atoms with Crippen LogP contribution >= 0.6 is 0 Å². The molecular formula is C15H26N+. The second kappa shape index (κ2) is 8.32. The summed E-state index contributed by atoms with van der Waals surface area (Å²) in [6.07, 6.45) is 15.3. The van der Waals surface area contributed by atoms with Gasteiger partial charge in [0.1, 0.15) is 7.05 Å². The SMILES string of the molecule is CCCCCCCCCc1ccc[n+](C)c1. The van der Waals surface area contributed by atoms with E-state index in [0.29, 0.717) is 0 Å². The van der Waals surface area contributed by atoms with Crippen molar-refractivity contribution in [2.45, 2.75) is 58.3 Å². The number of rotatable bonds is 8. The molecule has 0 aliphatic rings. The van der Waals surface area contributed by atoms with Gasteiger partial charge in [0.15, 0.2) is 12.4 Å². The van der Waals surface area contributed by atoms with Gasteiger partial charge in [-0.1, -0.05) is 45.4 Å². The fourth-order valence-corrected chi connectivity index (χ4v) is 2.08. The molecule has 0 aromatic carbocycles. The molecule has 16 heavy (non-hydrogen) atoms. The molecule has 0 spiro atoms. The summed E-state index contributed by atoms with van der Waals surface area (Å²) in [5.74, 6) is 0. The zero-order valence-electron chi connectivity index (χ0n) is 10.9. The number of aromatic nitrogens is 1. The summed E-state index contributed by atoms with van der Waals surface area (Å²) in [7, 11) is 2.09. The third kappa shape index (κ3) is 5.89. The van der Waals surface area contributed by atoms with E-state index in [9.17, 15) is 0 Å². The first-order valence-electron chi connectivity index (χ1n) is 6.77. The average Bonchev–Trinajstić information content (AvgIpc) is 2.28. The Balaban J connectivity index is 2.03. The van der Waals surface area contributed by atoms with Gasteiger partial charge in [-0.15, -0.1) is 0 Å². The van der Waals surface area contributed by atoms with Crippen molar-refractivity contribution < 1.29 is 4.57 Å². The molecule has 1 heterocycles. The summed E-state index contributed by atoms with van der Waals surface area (Å²) in [6.45, 7) is 2.27. The quantitative estimate of drug-likeness (QED) is 0.463. The van der Waals surface area contributed by atoms with Crippen molar-refractivity contribution in [3.63, 3.8) is 0 Å². The third-order valence-corrected chi connectivity index (χ3v) is 3.07. The van der Waals surface area contributed by atoms with Crippen LogP contribution in [0.1, 0.15) is 57.4 Å². The molecule has 0 aliphatic heterocycles. The predicted octanol–water partition coefficient (Wildman–Crippen LogP) is 3.80. The second-order valence-corrected chi connectivity index (χ2v) is 4.75. The molecule has 0 atom stereocenters. The smallest absolute Gasteiger partial charge is 0.171 e. The highest BCUT2D eigenvalue weighted by Gasteiger charge is 1.98. The van der Waals surface area contributed by atoms with E-state index in [1.54, 1.807) is 0 Å².